The largest absolute Gasteiger partial charge is 0.497 e. The first-order chi connectivity index (χ1) is 10.1. The highest BCUT2D eigenvalue weighted by Crippen LogP contribution is 2.15. The predicted octanol–water partition coefficient (Wildman–Crippen LogP) is 2.96. The number of hydrogen-bond donors (Lipinski definition) is 2. The third-order valence-electron chi connectivity index (χ3n) is 3.12. The number of nitrogens with one attached hydrogen (secondary N) is 1. The normalized spacial score (nSPS) is 10.2. The van der Waals surface area contributed by atoms with Gasteiger partial charge in [-0.25, -0.2) is 9.78 Å². The first kappa shape index (κ1) is 14.8. The molecule has 2 rings (SSSR count). The Morgan fingerprint density at radius 2 is 2.00 bits per heavy atom. The fourth-order valence-corrected chi connectivity index (χ4v) is 1.92. The topological polar surface area (TPSA) is 71.5 Å². The lowest BCUT2D eigenvalue weighted by molar-refractivity contribution is 0.0696. The molecule has 5 heteroatoms. The molecule has 0 radical (unpaired) electrons. The van der Waals surface area contributed by atoms with Crippen molar-refractivity contribution in [1.82, 2.24) is 4.98 Å². The zero-order valence-electron chi connectivity index (χ0n) is 12.1. The number of hydrogen-bond acceptors (Lipinski definition) is 4. The van der Waals surface area contributed by atoms with Crippen molar-refractivity contribution in [1.29, 1.82) is 0 Å². The standard InChI is InChI=1S/C16H18N2O3/c1-3-13-8-12(16(19)20)9-15(18-13)17-10-11-4-6-14(21-2)7-5-11/h4-9H,3,10H2,1-2H3,(H,17,18)(H,19,20). The van der Waals surface area contributed by atoms with Crippen molar-refractivity contribution in [2.45, 2.75) is 19.9 Å². The number of carboxylic acids is 1. The Kier molecular flexibility index (Phi) is 4.77. The van der Waals surface area contributed by atoms with E-state index in [1.165, 1.54) is 0 Å². The van der Waals surface area contributed by atoms with Gasteiger partial charge in [-0.1, -0.05) is 19.1 Å². The van der Waals surface area contributed by atoms with Crippen LogP contribution in [0.4, 0.5) is 5.82 Å². The minimum Gasteiger partial charge on any atom is -0.497 e. The molecule has 110 valence electrons. The summed E-state index contributed by atoms with van der Waals surface area (Å²) in [6, 6.07) is 10.8. The van der Waals surface area contributed by atoms with Gasteiger partial charge in [0.2, 0.25) is 0 Å². The molecule has 0 atom stereocenters. The SMILES string of the molecule is CCc1cc(C(=O)O)cc(NCc2ccc(OC)cc2)n1. The zero-order chi connectivity index (χ0) is 15.2. The van der Waals surface area contributed by atoms with E-state index in [1.54, 1.807) is 19.2 Å². The second kappa shape index (κ2) is 6.74. The van der Waals surface area contributed by atoms with E-state index in [-0.39, 0.29) is 5.56 Å². The molecule has 2 N–H and O–H groups in total. The van der Waals surface area contributed by atoms with Crippen molar-refractivity contribution in [3.05, 3.63) is 53.2 Å². The Balaban J connectivity index is 2.11. The summed E-state index contributed by atoms with van der Waals surface area (Å²) in [4.78, 5) is 15.5. The lowest BCUT2D eigenvalue weighted by Gasteiger charge is -2.09. The minimum absolute atomic E-state index is 0.249. The number of carboxylic acid groups (broad SMARTS) is 1. The zero-order valence-corrected chi connectivity index (χ0v) is 12.1. The highest BCUT2D eigenvalue weighted by Gasteiger charge is 2.07. The Morgan fingerprint density at radius 1 is 1.29 bits per heavy atom. The van der Waals surface area contributed by atoms with E-state index in [4.69, 9.17) is 9.84 Å². The molecule has 0 spiro atoms. The molecule has 0 aliphatic carbocycles. The number of nitrogens with zero attached hydrogens (tertiary/aromatic N) is 1. The number of anilines is 1. The van der Waals surface area contributed by atoms with E-state index in [2.05, 4.69) is 10.3 Å². The van der Waals surface area contributed by atoms with Crippen LogP contribution < -0.4 is 10.1 Å². The Labute approximate surface area is 123 Å². The van der Waals surface area contributed by atoms with Gasteiger partial charge < -0.3 is 15.2 Å². The van der Waals surface area contributed by atoms with Gasteiger partial charge in [0.05, 0.1) is 12.7 Å². The fourth-order valence-electron chi connectivity index (χ4n) is 1.92. The van der Waals surface area contributed by atoms with Crippen LogP contribution in [0.1, 0.15) is 28.5 Å². The van der Waals surface area contributed by atoms with Crippen LogP contribution in [0, 0.1) is 0 Å². The van der Waals surface area contributed by atoms with Gasteiger partial charge in [0.25, 0.3) is 0 Å². The average molecular weight is 286 g/mol. The van der Waals surface area contributed by atoms with Crippen molar-refractivity contribution in [2.24, 2.45) is 0 Å². The molecule has 5 nitrogen and oxygen atoms in total. The molecule has 0 bridgehead atoms. The fraction of sp³-hybridized carbons (Fsp3) is 0.250. The van der Waals surface area contributed by atoms with Crippen LogP contribution in [-0.4, -0.2) is 23.2 Å². The number of pyridine rings is 1. The third kappa shape index (κ3) is 3.95. The van der Waals surface area contributed by atoms with Crippen molar-refractivity contribution in [3.8, 4) is 5.75 Å². The highest BCUT2D eigenvalue weighted by atomic mass is 16.5. The number of benzene rings is 1. The highest BCUT2D eigenvalue weighted by molar-refractivity contribution is 5.88. The lowest BCUT2D eigenvalue weighted by atomic mass is 10.2. The second-order valence-corrected chi connectivity index (χ2v) is 4.59. The third-order valence-corrected chi connectivity index (χ3v) is 3.12. The van der Waals surface area contributed by atoms with Crippen LogP contribution in [0.5, 0.6) is 5.75 Å². The molecular weight excluding hydrogens is 268 g/mol. The van der Waals surface area contributed by atoms with Crippen molar-refractivity contribution >= 4 is 11.8 Å². The number of aryl methyl sites for hydroxylation is 1. The molecule has 1 heterocycles. The van der Waals surface area contributed by atoms with Crippen LogP contribution >= 0.6 is 0 Å². The lowest BCUT2D eigenvalue weighted by Crippen LogP contribution is -2.06. The number of rotatable bonds is 6. The van der Waals surface area contributed by atoms with E-state index in [9.17, 15) is 4.79 Å². The van der Waals surface area contributed by atoms with Crippen LogP contribution in [0.15, 0.2) is 36.4 Å². The molecule has 0 unspecified atom stereocenters. The van der Waals surface area contributed by atoms with Crippen LogP contribution in [0.25, 0.3) is 0 Å². The molecule has 0 saturated carbocycles. The summed E-state index contributed by atoms with van der Waals surface area (Å²) in [6.45, 7) is 2.52. The Hall–Kier alpha value is -2.56. The number of ether oxygens (including phenoxy) is 1. The predicted molar refractivity (Wildman–Crippen MR) is 80.9 cm³/mol. The Morgan fingerprint density at radius 3 is 2.57 bits per heavy atom. The summed E-state index contributed by atoms with van der Waals surface area (Å²) in [7, 11) is 1.63. The average Bonchev–Trinajstić information content (AvgIpc) is 2.53. The van der Waals surface area contributed by atoms with E-state index in [0.717, 1.165) is 17.0 Å². The van der Waals surface area contributed by atoms with Gasteiger partial charge in [-0.05, 0) is 36.2 Å². The molecule has 2 aromatic rings. The van der Waals surface area contributed by atoms with E-state index < -0.39 is 5.97 Å². The number of methoxy groups -OCH3 is 1. The van der Waals surface area contributed by atoms with Crippen molar-refractivity contribution in [3.63, 3.8) is 0 Å². The maximum absolute atomic E-state index is 11.1. The quantitative estimate of drug-likeness (QED) is 0.854. The van der Waals surface area contributed by atoms with Gasteiger partial charge in [-0.3, -0.25) is 0 Å². The monoisotopic (exact) mass is 286 g/mol. The molecule has 0 saturated heterocycles. The summed E-state index contributed by atoms with van der Waals surface area (Å²) in [5, 5.41) is 12.3. The van der Waals surface area contributed by atoms with E-state index >= 15 is 0 Å². The molecule has 0 amide bonds. The van der Waals surface area contributed by atoms with Gasteiger partial charge in [0.15, 0.2) is 0 Å². The maximum atomic E-state index is 11.1. The molecular formula is C16H18N2O3. The molecule has 0 aliphatic rings. The van der Waals surface area contributed by atoms with E-state index in [1.807, 2.05) is 31.2 Å². The number of aromatic nitrogens is 1. The van der Waals surface area contributed by atoms with Crippen LogP contribution in [0.2, 0.25) is 0 Å². The molecule has 1 aromatic carbocycles. The summed E-state index contributed by atoms with van der Waals surface area (Å²) in [5.74, 6) is 0.431. The summed E-state index contributed by atoms with van der Waals surface area (Å²) in [5.41, 5.74) is 2.07. The molecule has 1 aromatic heterocycles. The summed E-state index contributed by atoms with van der Waals surface area (Å²) < 4.78 is 5.11. The maximum Gasteiger partial charge on any atom is 0.335 e. The van der Waals surface area contributed by atoms with Crippen molar-refractivity contribution in [2.75, 3.05) is 12.4 Å². The van der Waals surface area contributed by atoms with Gasteiger partial charge in [0, 0.05) is 12.2 Å². The molecule has 21 heavy (non-hydrogen) atoms. The summed E-state index contributed by atoms with van der Waals surface area (Å²) >= 11 is 0. The van der Waals surface area contributed by atoms with Gasteiger partial charge >= 0.3 is 5.97 Å². The van der Waals surface area contributed by atoms with Gasteiger partial charge in [0.1, 0.15) is 11.6 Å². The first-order valence-corrected chi connectivity index (χ1v) is 6.73. The van der Waals surface area contributed by atoms with E-state index in [0.29, 0.717) is 18.8 Å². The number of aromatic carboxylic acids is 1. The van der Waals surface area contributed by atoms with Gasteiger partial charge in [-0.2, -0.15) is 0 Å². The number of carbonyl (C=O) groups is 1. The smallest absolute Gasteiger partial charge is 0.335 e. The minimum atomic E-state index is -0.945. The van der Waals surface area contributed by atoms with Crippen LogP contribution in [0.3, 0.4) is 0 Å². The first-order valence-electron chi connectivity index (χ1n) is 6.73. The Bertz CT molecular complexity index is 624. The molecule has 0 fully saturated rings. The van der Waals surface area contributed by atoms with Crippen molar-refractivity contribution < 1.29 is 14.6 Å². The second-order valence-electron chi connectivity index (χ2n) is 4.59. The van der Waals surface area contributed by atoms with Gasteiger partial charge in [-0.15, -0.1) is 0 Å². The molecule has 0 aliphatic heterocycles. The summed E-state index contributed by atoms with van der Waals surface area (Å²) in [6.07, 6.45) is 0.693. The van der Waals surface area contributed by atoms with Crippen LogP contribution in [-0.2, 0) is 13.0 Å².